The smallest absolute Gasteiger partial charge is 0.334 e. The van der Waals surface area contributed by atoms with Gasteiger partial charge in [0.15, 0.2) is 0 Å². The van der Waals surface area contributed by atoms with Gasteiger partial charge in [0.2, 0.25) is 5.79 Å². The Balaban J connectivity index is 1.73. The summed E-state index contributed by atoms with van der Waals surface area (Å²) in [7, 11) is 0. The molecule has 82 valence electrons. The lowest BCUT2D eigenvalue weighted by Crippen LogP contribution is -2.58. The molecule has 1 aliphatic heterocycles. The first kappa shape index (κ1) is 8.57. The van der Waals surface area contributed by atoms with E-state index in [0.29, 0.717) is 11.8 Å². The summed E-state index contributed by atoms with van der Waals surface area (Å²) in [4.78, 5) is 11.3. The summed E-state index contributed by atoms with van der Waals surface area (Å²) in [5, 5.41) is 0. The lowest BCUT2D eigenvalue weighted by Gasteiger charge is -2.57. The molecule has 0 unspecified atom stereocenters. The van der Waals surface area contributed by atoms with E-state index in [4.69, 9.17) is 9.47 Å². The highest BCUT2D eigenvalue weighted by Gasteiger charge is 2.62. The Kier molecular flexibility index (Phi) is 1.47. The van der Waals surface area contributed by atoms with E-state index >= 15 is 0 Å². The molecular weight excluding hydrogens is 192 g/mol. The van der Waals surface area contributed by atoms with Crippen molar-refractivity contribution in [1.82, 2.24) is 0 Å². The molecule has 5 rings (SSSR count). The summed E-state index contributed by atoms with van der Waals surface area (Å²) < 4.78 is 11.3. The van der Waals surface area contributed by atoms with Gasteiger partial charge in [-0.15, -0.1) is 0 Å². The minimum absolute atomic E-state index is 0.150. The van der Waals surface area contributed by atoms with Gasteiger partial charge in [-0.05, 0) is 43.9 Å². The topological polar surface area (TPSA) is 35.5 Å². The number of rotatable bonds is 0. The Bertz CT molecular complexity index is 295. The Labute approximate surface area is 89.1 Å². The zero-order valence-electron chi connectivity index (χ0n) is 8.78. The lowest BCUT2D eigenvalue weighted by molar-refractivity contribution is -0.283. The Morgan fingerprint density at radius 3 is 2.07 bits per heavy atom. The molecule has 3 nitrogen and oxygen atoms in total. The summed E-state index contributed by atoms with van der Waals surface area (Å²) in [5.41, 5.74) is 0. The summed E-state index contributed by atoms with van der Waals surface area (Å²) in [5.74, 6) is 2.15. The molecule has 0 aromatic rings. The van der Waals surface area contributed by atoms with Crippen LogP contribution in [0.25, 0.3) is 0 Å². The van der Waals surface area contributed by atoms with Gasteiger partial charge in [-0.25, -0.2) is 4.79 Å². The standard InChI is InChI=1S/C12H16O3/c13-11-6-14-12(15-11)9-2-7-1-8(4-9)5-10(12)3-7/h7-10H,1-6H2. The molecule has 3 heteroatoms. The summed E-state index contributed by atoms with van der Waals surface area (Å²) in [6, 6.07) is 0. The fraction of sp³-hybridized carbons (Fsp3) is 0.917. The van der Waals surface area contributed by atoms with Crippen LogP contribution in [-0.2, 0) is 14.3 Å². The van der Waals surface area contributed by atoms with Gasteiger partial charge in [-0.3, -0.25) is 0 Å². The van der Waals surface area contributed by atoms with Crippen molar-refractivity contribution in [3.05, 3.63) is 0 Å². The zero-order chi connectivity index (χ0) is 10.0. The molecule has 15 heavy (non-hydrogen) atoms. The molecule has 0 N–H and O–H groups in total. The summed E-state index contributed by atoms with van der Waals surface area (Å²) in [6.07, 6.45) is 6.30. The summed E-state index contributed by atoms with van der Waals surface area (Å²) in [6.45, 7) is 0.183. The van der Waals surface area contributed by atoms with Gasteiger partial charge in [0.25, 0.3) is 0 Å². The fourth-order valence-electron chi connectivity index (χ4n) is 4.65. The number of carbonyl (C=O) groups is 1. The molecular formula is C12H16O3. The Morgan fingerprint density at radius 1 is 1.00 bits per heavy atom. The van der Waals surface area contributed by atoms with E-state index in [1.165, 1.54) is 32.1 Å². The maximum atomic E-state index is 11.3. The van der Waals surface area contributed by atoms with Gasteiger partial charge in [-0.2, -0.15) is 0 Å². The highest BCUT2D eigenvalue weighted by atomic mass is 16.8. The van der Waals surface area contributed by atoms with Crippen molar-refractivity contribution >= 4 is 5.97 Å². The first-order chi connectivity index (χ1) is 7.26. The van der Waals surface area contributed by atoms with Gasteiger partial charge in [0.05, 0.1) is 0 Å². The van der Waals surface area contributed by atoms with E-state index < -0.39 is 5.79 Å². The van der Waals surface area contributed by atoms with E-state index in [1.54, 1.807) is 0 Å². The molecule has 4 aliphatic carbocycles. The average molecular weight is 208 g/mol. The van der Waals surface area contributed by atoms with E-state index in [0.717, 1.165) is 11.8 Å². The second kappa shape index (κ2) is 2.57. The average Bonchev–Trinajstić information content (AvgIpc) is 2.57. The highest BCUT2D eigenvalue weighted by Crippen LogP contribution is 2.60. The number of ether oxygens (including phenoxy) is 2. The van der Waals surface area contributed by atoms with Gasteiger partial charge in [0.1, 0.15) is 6.61 Å². The van der Waals surface area contributed by atoms with Crippen molar-refractivity contribution in [3.63, 3.8) is 0 Å². The van der Waals surface area contributed by atoms with E-state index in [9.17, 15) is 4.79 Å². The van der Waals surface area contributed by atoms with Crippen LogP contribution in [0.3, 0.4) is 0 Å². The normalized spacial score (nSPS) is 56.4. The molecule has 0 atom stereocenters. The number of hydrogen-bond donors (Lipinski definition) is 0. The number of esters is 1. The molecule has 4 saturated carbocycles. The molecule has 1 saturated heterocycles. The van der Waals surface area contributed by atoms with Crippen LogP contribution in [0, 0.1) is 23.7 Å². The predicted octanol–water partition coefficient (Wildman–Crippen LogP) is 1.71. The van der Waals surface area contributed by atoms with E-state index in [-0.39, 0.29) is 12.6 Å². The second-order valence-electron chi connectivity index (χ2n) is 5.79. The van der Waals surface area contributed by atoms with Crippen LogP contribution in [0.5, 0.6) is 0 Å². The lowest BCUT2D eigenvalue weighted by atomic mass is 9.53. The molecule has 1 heterocycles. The minimum atomic E-state index is -0.482. The molecule has 5 aliphatic rings. The van der Waals surface area contributed by atoms with Crippen LogP contribution < -0.4 is 0 Å². The maximum Gasteiger partial charge on any atom is 0.334 e. The zero-order valence-corrected chi connectivity index (χ0v) is 8.78. The maximum absolute atomic E-state index is 11.3. The fourth-order valence-corrected chi connectivity index (χ4v) is 4.65. The third-order valence-electron chi connectivity index (χ3n) is 4.97. The number of hydrogen-bond acceptors (Lipinski definition) is 3. The van der Waals surface area contributed by atoms with Crippen molar-refractivity contribution in [1.29, 1.82) is 0 Å². The molecule has 0 amide bonds. The Hall–Kier alpha value is -0.570. The SMILES string of the molecule is O=C1COC2(O1)C1CC3CC(C1)CC2C3. The van der Waals surface area contributed by atoms with Crippen LogP contribution in [0.1, 0.15) is 32.1 Å². The first-order valence-corrected chi connectivity index (χ1v) is 6.12. The molecule has 0 aromatic heterocycles. The van der Waals surface area contributed by atoms with Crippen molar-refractivity contribution in [3.8, 4) is 0 Å². The van der Waals surface area contributed by atoms with E-state index in [1.807, 2.05) is 0 Å². The molecule has 4 bridgehead atoms. The van der Waals surface area contributed by atoms with Crippen molar-refractivity contribution in [2.45, 2.75) is 37.9 Å². The molecule has 0 radical (unpaired) electrons. The largest absolute Gasteiger partial charge is 0.431 e. The van der Waals surface area contributed by atoms with Crippen LogP contribution >= 0.6 is 0 Å². The van der Waals surface area contributed by atoms with Gasteiger partial charge < -0.3 is 9.47 Å². The van der Waals surface area contributed by atoms with Crippen molar-refractivity contribution in [2.24, 2.45) is 23.7 Å². The first-order valence-electron chi connectivity index (χ1n) is 6.12. The van der Waals surface area contributed by atoms with E-state index in [2.05, 4.69) is 0 Å². The minimum Gasteiger partial charge on any atom is -0.431 e. The van der Waals surface area contributed by atoms with Crippen molar-refractivity contribution < 1.29 is 14.3 Å². The molecule has 5 fully saturated rings. The van der Waals surface area contributed by atoms with Crippen LogP contribution in [0.4, 0.5) is 0 Å². The second-order valence-corrected chi connectivity index (χ2v) is 5.79. The molecule has 1 spiro atoms. The number of carbonyl (C=O) groups excluding carboxylic acids is 1. The quantitative estimate of drug-likeness (QED) is 0.568. The van der Waals surface area contributed by atoms with Crippen molar-refractivity contribution in [2.75, 3.05) is 6.61 Å². The molecule has 0 aromatic carbocycles. The third kappa shape index (κ3) is 0.975. The Morgan fingerprint density at radius 2 is 1.60 bits per heavy atom. The summed E-state index contributed by atoms with van der Waals surface area (Å²) >= 11 is 0. The van der Waals surface area contributed by atoms with Crippen LogP contribution in [-0.4, -0.2) is 18.4 Å². The highest BCUT2D eigenvalue weighted by molar-refractivity contribution is 5.72. The van der Waals surface area contributed by atoms with Crippen LogP contribution in [0.2, 0.25) is 0 Å². The third-order valence-corrected chi connectivity index (χ3v) is 4.97. The predicted molar refractivity (Wildman–Crippen MR) is 51.8 cm³/mol. The van der Waals surface area contributed by atoms with Gasteiger partial charge in [0, 0.05) is 11.8 Å². The van der Waals surface area contributed by atoms with Gasteiger partial charge >= 0.3 is 5.97 Å². The monoisotopic (exact) mass is 208 g/mol. The van der Waals surface area contributed by atoms with Crippen LogP contribution in [0.15, 0.2) is 0 Å². The van der Waals surface area contributed by atoms with Gasteiger partial charge in [-0.1, -0.05) is 0 Å².